The van der Waals surface area contributed by atoms with Crippen molar-refractivity contribution in [2.75, 3.05) is 45.8 Å². The van der Waals surface area contributed by atoms with E-state index in [9.17, 15) is 19.5 Å². The van der Waals surface area contributed by atoms with Crippen molar-refractivity contribution in [2.45, 2.75) is 53.1 Å². The highest BCUT2D eigenvalue weighted by molar-refractivity contribution is 5.84. The highest BCUT2D eigenvalue weighted by atomic mass is 16.3. The Labute approximate surface area is 163 Å². The summed E-state index contributed by atoms with van der Waals surface area (Å²) in [6, 6.07) is 0. The fourth-order valence-corrected chi connectivity index (χ4v) is 2.83. The number of ketones is 2. The first-order valence-electron chi connectivity index (χ1n) is 9.99. The van der Waals surface area contributed by atoms with Crippen LogP contribution in [0.1, 0.15) is 47.5 Å². The van der Waals surface area contributed by atoms with Crippen LogP contribution in [0.15, 0.2) is 0 Å². The molecule has 2 fully saturated rings. The lowest BCUT2D eigenvalue weighted by Crippen LogP contribution is -2.49. The molecule has 156 valence electrons. The maximum absolute atomic E-state index is 11.5. The van der Waals surface area contributed by atoms with E-state index < -0.39 is 5.60 Å². The number of piperazine rings is 1. The Bertz CT molecular complexity index is 507. The number of amides is 1. The van der Waals surface area contributed by atoms with Gasteiger partial charge in [-0.15, -0.1) is 0 Å². The minimum absolute atomic E-state index is 0.0165. The first-order valence-corrected chi connectivity index (χ1v) is 9.99. The monoisotopic (exact) mass is 383 g/mol. The summed E-state index contributed by atoms with van der Waals surface area (Å²) in [5.74, 6) is 0.700. The number of rotatable bonds is 6. The molecule has 2 N–H and O–H groups in total. The zero-order chi connectivity index (χ0) is 20.6. The predicted octanol–water partition coefficient (Wildman–Crippen LogP) is 0.702. The van der Waals surface area contributed by atoms with Crippen molar-refractivity contribution in [3.63, 3.8) is 0 Å². The number of aliphatic hydroxyl groups is 1. The second-order valence-corrected chi connectivity index (χ2v) is 8.58. The second-order valence-electron chi connectivity index (χ2n) is 8.58. The van der Waals surface area contributed by atoms with E-state index in [0.29, 0.717) is 32.0 Å². The van der Waals surface area contributed by atoms with Crippen molar-refractivity contribution in [1.82, 2.24) is 15.1 Å². The van der Waals surface area contributed by atoms with Crippen molar-refractivity contribution in [2.24, 2.45) is 11.8 Å². The van der Waals surface area contributed by atoms with Crippen molar-refractivity contribution in [1.29, 1.82) is 0 Å². The van der Waals surface area contributed by atoms with E-state index in [1.54, 1.807) is 0 Å². The largest absolute Gasteiger partial charge is 0.390 e. The summed E-state index contributed by atoms with van der Waals surface area (Å²) in [6.45, 7) is 13.9. The molecule has 7 heteroatoms. The number of piperidine rings is 1. The number of hydrogen-bond acceptors (Lipinski definition) is 6. The van der Waals surface area contributed by atoms with Gasteiger partial charge in [-0.1, -0.05) is 27.7 Å². The summed E-state index contributed by atoms with van der Waals surface area (Å²) in [5, 5.41) is 12.4. The SMILES string of the molecule is CC(C)C(=O)CN1CCC(C)(O)CC1.CC(C)C(=O)CN1CCNC(=O)C1. The van der Waals surface area contributed by atoms with Gasteiger partial charge in [-0.25, -0.2) is 0 Å². The average molecular weight is 384 g/mol. The highest BCUT2D eigenvalue weighted by Crippen LogP contribution is 2.21. The maximum Gasteiger partial charge on any atom is 0.234 e. The molecule has 0 spiro atoms. The van der Waals surface area contributed by atoms with Crippen LogP contribution in [0.4, 0.5) is 0 Å². The lowest BCUT2D eigenvalue weighted by atomic mass is 9.93. The lowest BCUT2D eigenvalue weighted by Gasteiger charge is -2.35. The molecule has 0 aromatic rings. The minimum Gasteiger partial charge on any atom is -0.390 e. The number of Topliss-reactive ketones (excluding diaryl/α,β-unsaturated/α-hetero) is 2. The molecule has 2 rings (SSSR count). The van der Waals surface area contributed by atoms with Crippen LogP contribution in [-0.4, -0.2) is 83.8 Å². The molecule has 1 amide bonds. The number of carbonyl (C=O) groups is 3. The molecule has 27 heavy (non-hydrogen) atoms. The van der Waals surface area contributed by atoms with Gasteiger partial charge in [0.2, 0.25) is 5.91 Å². The number of carbonyl (C=O) groups excluding carboxylic acids is 3. The molecule has 0 unspecified atom stereocenters. The summed E-state index contributed by atoms with van der Waals surface area (Å²) in [7, 11) is 0. The van der Waals surface area contributed by atoms with Crippen LogP contribution < -0.4 is 5.32 Å². The zero-order valence-electron chi connectivity index (χ0n) is 17.6. The van der Waals surface area contributed by atoms with Crippen LogP contribution in [-0.2, 0) is 14.4 Å². The fourth-order valence-electron chi connectivity index (χ4n) is 2.83. The standard InChI is InChI=1S/C11H21NO2.C9H16N2O2/c1-9(2)10(13)8-12-6-4-11(3,14)5-7-12;1-7(2)8(12)5-11-4-3-10-9(13)6-11/h9,14H,4-8H2,1-3H3;7H,3-6H2,1-2H3,(H,10,13). The molecule has 0 atom stereocenters. The van der Waals surface area contributed by atoms with Gasteiger partial charge in [-0.2, -0.15) is 0 Å². The Morgan fingerprint density at radius 1 is 1.00 bits per heavy atom. The van der Waals surface area contributed by atoms with Crippen LogP contribution in [0.5, 0.6) is 0 Å². The second kappa shape index (κ2) is 10.9. The van der Waals surface area contributed by atoms with Gasteiger partial charge in [-0.05, 0) is 19.8 Å². The molecular formula is C20H37N3O4. The molecule has 0 bridgehead atoms. The third-order valence-corrected chi connectivity index (χ3v) is 5.10. The quantitative estimate of drug-likeness (QED) is 0.702. The number of nitrogens with one attached hydrogen (secondary N) is 1. The Kier molecular flexibility index (Phi) is 9.56. The van der Waals surface area contributed by atoms with Gasteiger partial charge in [0.25, 0.3) is 0 Å². The third kappa shape index (κ3) is 9.44. The smallest absolute Gasteiger partial charge is 0.234 e. The molecular weight excluding hydrogens is 346 g/mol. The number of nitrogens with zero attached hydrogens (tertiary/aromatic N) is 2. The summed E-state index contributed by atoms with van der Waals surface area (Å²) in [4.78, 5) is 37.8. The summed E-state index contributed by atoms with van der Waals surface area (Å²) in [6.07, 6.45) is 1.55. The summed E-state index contributed by atoms with van der Waals surface area (Å²) >= 11 is 0. The van der Waals surface area contributed by atoms with Crippen LogP contribution in [0.3, 0.4) is 0 Å². The van der Waals surface area contributed by atoms with Crippen LogP contribution in [0, 0.1) is 11.8 Å². The normalized spacial score (nSPS) is 20.8. The first-order chi connectivity index (χ1) is 12.5. The Balaban J connectivity index is 0.000000271. The van der Waals surface area contributed by atoms with E-state index in [2.05, 4.69) is 10.2 Å². The van der Waals surface area contributed by atoms with Crippen LogP contribution in [0.2, 0.25) is 0 Å². The lowest BCUT2D eigenvalue weighted by molar-refractivity contribution is -0.127. The average Bonchev–Trinajstić information content (AvgIpc) is 2.57. The van der Waals surface area contributed by atoms with E-state index in [1.165, 1.54) is 0 Å². The molecule has 2 saturated heterocycles. The Morgan fingerprint density at radius 3 is 1.93 bits per heavy atom. The number of hydrogen-bond donors (Lipinski definition) is 2. The van der Waals surface area contributed by atoms with Gasteiger partial charge in [-0.3, -0.25) is 24.2 Å². The van der Waals surface area contributed by atoms with E-state index in [0.717, 1.165) is 32.5 Å². The van der Waals surface area contributed by atoms with Gasteiger partial charge >= 0.3 is 0 Å². The number of likely N-dealkylation sites (tertiary alicyclic amines) is 1. The van der Waals surface area contributed by atoms with Gasteiger partial charge in [0, 0.05) is 38.0 Å². The third-order valence-electron chi connectivity index (χ3n) is 5.10. The van der Waals surface area contributed by atoms with E-state index in [-0.39, 0.29) is 23.5 Å². The van der Waals surface area contributed by atoms with E-state index >= 15 is 0 Å². The molecule has 2 aliphatic heterocycles. The molecule has 0 aromatic heterocycles. The fraction of sp³-hybridized carbons (Fsp3) is 0.850. The Morgan fingerprint density at radius 2 is 1.48 bits per heavy atom. The zero-order valence-corrected chi connectivity index (χ0v) is 17.6. The maximum atomic E-state index is 11.5. The topological polar surface area (TPSA) is 90.0 Å². The molecule has 2 heterocycles. The van der Waals surface area contributed by atoms with E-state index in [1.807, 2.05) is 39.5 Å². The van der Waals surface area contributed by atoms with E-state index in [4.69, 9.17) is 0 Å². The molecule has 7 nitrogen and oxygen atoms in total. The summed E-state index contributed by atoms with van der Waals surface area (Å²) < 4.78 is 0. The Hall–Kier alpha value is -1.31. The van der Waals surface area contributed by atoms with Gasteiger partial charge in [0.1, 0.15) is 11.6 Å². The van der Waals surface area contributed by atoms with Crippen molar-refractivity contribution in [3.05, 3.63) is 0 Å². The minimum atomic E-state index is -0.516. The van der Waals surface area contributed by atoms with Crippen molar-refractivity contribution in [3.8, 4) is 0 Å². The molecule has 0 saturated carbocycles. The van der Waals surface area contributed by atoms with Crippen molar-refractivity contribution < 1.29 is 19.5 Å². The van der Waals surface area contributed by atoms with Gasteiger partial charge in [0.15, 0.2) is 0 Å². The molecule has 0 aromatic carbocycles. The van der Waals surface area contributed by atoms with Crippen molar-refractivity contribution >= 4 is 17.5 Å². The first kappa shape index (κ1) is 23.7. The van der Waals surface area contributed by atoms with Crippen LogP contribution >= 0.6 is 0 Å². The van der Waals surface area contributed by atoms with Gasteiger partial charge in [0.05, 0.1) is 25.2 Å². The highest BCUT2D eigenvalue weighted by Gasteiger charge is 2.28. The molecule has 0 radical (unpaired) electrons. The predicted molar refractivity (Wildman–Crippen MR) is 105 cm³/mol. The van der Waals surface area contributed by atoms with Gasteiger partial charge < -0.3 is 10.4 Å². The van der Waals surface area contributed by atoms with Crippen LogP contribution in [0.25, 0.3) is 0 Å². The molecule has 0 aliphatic carbocycles. The summed E-state index contributed by atoms with van der Waals surface area (Å²) in [5.41, 5.74) is -0.516. The molecule has 2 aliphatic rings.